The highest BCUT2D eigenvalue weighted by molar-refractivity contribution is 5.80. The highest BCUT2D eigenvalue weighted by Gasteiger charge is 2.20. The maximum absolute atomic E-state index is 5.80. The lowest BCUT2D eigenvalue weighted by atomic mass is 10.3. The summed E-state index contributed by atoms with van der Waals surface area (Å²) < 4.78 is 16.2. The Balaban J connectivity index is 1.41. The van der Waals surface area contributed by atoms with Gasteiger partial charge in [0.15, 0.2) is 5.96 Å². The number of aromatic nitrogens is 1. The third kappa shape index (κ3) is 6.66. The van der Waals surface area contributed by atoms with Gasteiger partial charge in [-0.25, -0.2) is 0 Å². The summed E-state index contributed by atoms with van der Waals surface area (Å²) in [5.74, 6) is 3.47. The standard InChI is InChI=1S/C22H33N5O3/c1-4-23-22(24-9-6-14-29-21-8-5-7-20(16-21)28-3)27-12-10-26(11-13-27)17-19-15-18(2)30-25-19/h5,7-8,15-16H,4,6,9-14,17H2,1-3H3,(H,23,24). The number of hydrogen-bond acceptors (Lipinski definition) is 6. The molecule has 1 saturated heterocycles. The van der Waals surface area contributed by atoms with Gasteiger partial charge in [-0.3, -0.25) is 9.89 Å². The van der Waals surface area contributed by atoms with Crippen LogP contribution < -0.4 is 14.8 Å². The van der Waals surface area contributed by atoms with E-state index in [2.05, 4.69) is 27.2 Å². The van der Waals surface area contributed by atoms with Crippen LogP contribution in [0.3, 0.4) is 0 Å². The minimum absolute atomic E-state index is 0.626. The predicted octanol–water partition coefficient (Wildman–Crippen LogP) is 2.54. The largest absolute Gasteiger partial charge is 0.497 e. The Morgan fingerprint density at radius 1 is 1.20 bits per heavy atom. The molecule has 0 bridgehead atoms. The monoisotopic (exact) mass is 415 g/mol. The van der Waals surface area contributed by atoms with E-state index >= 15 is 0 Å². The van der Waals surface area contributed by atoms with Gasteiger partial charge in [-0.05, 0) is 26.0 Å². The molecule has 1 aromatic carbocycles. The summed E-state index contributed by atoms with van der Waals surface area (Å²) in [6.07, 6.45) is 0.859. The van der Waals surface area contributed by atoms with Crippen LogP contribution in [0.15, 0.2) is 39.8 Å². The first-order chi connectivity index (χ1) is 14.7. The molecule has 8 nitrogen and oxygen atoms in total. The van der Waals surface area contributed by atoms with Crippen LogP contribution in [0.1, 0.15) is 24.8 Å². The van der Waals surface area contributed by atoms with Crippen molar-refractivity contribution in [3.8, 4) is 11.5 Å². The summed E-state index contributed by atoms with van der Waals surface area (Å²) in [6, 6.07) is 9.68. The molecule has 0 amide bonds. The molecule has 2 heterocycles. The highest BCUT2D eigenvalue weighted by atomic mass is 16.5. The van der Waals surface area contributed by atoms with E-state index in [-0.39, 0.29) is 0 Å². The maximum atomic E-state index is 5.80. The Morgan fingerprint density at radius 2 is 2.00 bits per heavy atom. The van der Waals surface area contributed by atoms with Gasteiger partial charge in [-0.2, -0.15) is 0 Å². The van der Waals surface area contributed by atoms with Crippen molar-refractivity contribution in [3.63, 3.8) is 0 Å². The van der Waals surface area contributed by atoms with Gasteiger partial charge in [0.25, 0.3) is 0 Å². The van der Waals surface area contributed by atoms with Crippen LogP contribution in [0, 0.1) is 6.92 Å². The van der Waals surface area contributed by atoms with Gasteiger partial charge >= 0.3 is 0 Å². The Labute approximate surface area is 178 Å². The number of nitrogens with one attached hydrogen (secondary N) is 1. The lowest BCUT2D eigenvalue weighted by Crippen LogP contribution is -2.52. The first-order valence-electron chi connectivity index (χ1n) is 10.6. The zero-order chi connectivity index (χ0) is 21.2. The zero-order valence-corrected chi connectivity index (χ0v) is 18.3. The number of benzene rings is 1. The Bertz CT molecular complexity index is 800. The molecule has 1 fully saturated rings. The van der Waals surface area contributed by atoms with E-state index in [1.54, 1.807) is 7.11 Å². The van der Waals surface area contributed by atoms with Gasteiger partial charge in [-0.1, -0.05) is 11.2 Å². The molecule has 0 atom stereocenters. The predicted molar refractivity (Wildman–Crippen MR) is 117 cm³/mol. The van der Waals surface area contributed by atoms with Crippen molar-refractivity contribution in [2.75, 3.05) is 53.0 Å². The molecule has 30 heavy (non-hydrogen) atoms. The van der Waals surface area contributed by atoms with Crippen LogP contribution in [0.25, 0.3) is 0 Å². The summed E-state index contributed by atoms with van der Waals surface area (Å²) in [7, 11) is 1.66. The lowest BCUT2D eigenvalue weighted by Gasteiger charge is -2.36. The molecule has 164 valence electrons. The van der Waals surface area contributed by atoms with Crippen molar-refractivity contribution in [1.82, 2.24) is 20.3 Å². The van der Waals surface area contributed by atoms with E-state index in [0.717, 1.165) is 81.1 Å². The van der Waals surface area contributed by atoms with Crippen LogP contribution >= 0.6 is 0 Å². The van der Waals surface area contributed by atoms with Crippen LogP contribution in [0.4, 0.5) is 0 Å². The summed E-state index contributed by atoms with van der Waals surface area (Å²) in [4.78, 5) is 9.53. The minimum atomic E-state index is 0.626. The fraction of sp³-hybridized carbons (Fsp3) is 0.545. The van der Waals surface area contributed by atoms with Crippen LogP contribution in [-0.2, 0) is 6.54 Å². The van der Waals surface area contributed by atoms with Crippen molar-refractivity contribution in [3.05, 3.63) is 41.8 Å². The van der Waals surface area contributed by atoms with Gasteiger partial charge in [0.05, 0.1) is 19.4 Å². The molecular weight excluding hydrogens is 382 g/mol. The molecule has 0 spiro atoms. The van der Waals surface area contributed by atoms with Crippen molar-refractivity contribution in [2.24, 2.45) is 4.99 Å². The average Bonchev–Trinajstić information content (AvgIpc) is 3.18. The number of hydrogen-bond donors (Lipinski definition) is 1. The molecule has 2 aromatic rings. The Morgan fingerprint density at radius 3 is 2.70 bits per heavy atom. The SMILES string of the molecule is CCNC(=NCCCOc1cccc(OC)c1)N1CCN(Cc2cc(C)on2)CC1. The molecule has 0 saturated carbocycles. The topological polar surface area (TPSA) is 75.4 Å². The van der Waals surface area contributed by atoms with E-state index in [1.165, 1.54) is 0 Å². The first kappa shape index (κ1) is 22.0. The molecule has 0 radical (unpaired) electrons. The molecule has 1 N–H and O–H groups in total. The number of guanidine groups is 1. The second kappa shape index (κ2) is 11.4. The molecule has 1 aliphatic heterocycles. The summed E-state index contributed by atoms with van der Waals surface area (Å²) in [6.45, 7) is 10.9. The Kier molecular flexibility index (Phi) is 8.38. The van der Waals surface area contributed by atoms with Gasteiger partial charge in [0.2, 0.25) is 0 Å². The fourth-order valence-electron chi connectivity index (χ4n) is 3.40. The van der Waals surface area contributed by atoms with Gasteiger partial charge in [0.1, 0.15) is 17.3 Å². The normalized spacial score (nSPS) is 15.3. The highest BCUT2D eigenvalue weighted by Crippen LogP contribution is 2.18. The molecular formula is C22H33N5O3. The zero-order valence-electron chi connectivity index (χ0n) is 18.3. The molecule has 1 aliphatic rings. The first-order valence-corrected chi connectivity index (χ1v) is 10.6. The molecule has 1 aromatic heterocycles. The molecule has 3 rings (SSSR count). The van der Waals surface area contributed by atoms with E-state index in [9.17, 15) is 0 Å². The van der Waals surface area contributed by atoms with Gasteiger partial charge in [-0.15, -0.1) is 0 Å². The van der Waals surface area contributed by atoms with E-state index in [0.29, 0.717) is 6.61 Å². The van der Waals surface area contributed by atoms with Crippen molar-refractivity contribution in [1.29, 1.82) is 0 Å². The van der Waals surface area contributed by atoms with E-state index in [4.69, 9.17) is 19.0 Å². The summed E-state index contributed by atoms with van der Waals surface area (Å²) in [5.41, 5.74) is 0.998. The number of aryl methyl sites for hydroxylation is 1. The number of methoxy groups -OCH3 is 1. The molecule has 0 aliphatic carbocycles. The Hall–Kier alpha value is -2.74. The molecule has 8 heteroatoms. The van der Waals surface area contributed by atoms with Crippen LogP contribution in [0.2, 0.25) is 0 Å². The fourth-order valence-corrected chi connectivity index (χ4v) is 3.40. The van der Waals surface area contributed by atoms with E-state index in [1.807, 2.05) is 37.3 Å². The number of piperazine rings is 1. The number of ether oxygens (including phenoxy) is 2. The average molecular weight is 416 g/mol. The number of rotatable bonds is 9. The second-order valence-electron chi connectivity index (χ2n) is 7.31. The number of aliphatic imine (C=N–C) groups is 1. The van der Waals surface area contributed by atoms with Crippen molar-refractivity contribution < 1.29 is 14.0 Å². The van der Waals surface area contributed by atoms with Gasteiger partial charge < -0.3 is 24.2 Å². The van der Waals surface area contributed by atoms with Crippen LogP contribution in [0.5, 0.6) is 11.5 Å². The lowest BCUT2D eigenvalue weighted by molar-refractivity contribution is 0.169. The van der Waals surface area contributed by atoms with E-state index < -0.39 is 0 Å². The molecule has 0 unspecified atom stereocenters. The third-order valence-corrected chi connectivity index (χ3v) is 4.94. The van der Waals surface area contributed by atoms with Crippen molar-refractivity contribution >= 4 is 5.96 Å². The third-order valence-electron chi connectivity index (χ3n) is 4.94. The summed E-state index contributed by atoms with van der Waals surface area (Å²) in [5, 5.41) is 7.51. The summed E-state index contributed by atoms with van der Waals surface area (Å²) >= 11 is 0. The van der Waals surface area contributed by atoms with Crippen LogP contribution in [-0.4, -0.2) is 73.9 Å². The maximum Gasteiger partial charge on any atom is 0.194 e. The minimum Gasteiger partial charge on any atom is -0.497 e. The quantitative estimate of drug-likeness (QED) is 0.383. The number of nitrogens with zero attached hydrogens (tertiary/aromatic N) is 4. The van der Waals surface area contributed by atoms with Crippen molar-refractivity contribution in [2.45, 2.75) is 26.8 Å². The second-order valence-corrected chi connectivity index (χ2v) is 7.31. The smallest absolute Gasteiger partial charge is 0.194 e. The van der Waals surface area contributed by atoms with Gasteiger partial charge in [0, 0.05) is 64.4 Å².